The first-order valence-electron chi connectivity index (χ1n) is 12.0. The maximum atomic E-state index is 13.7. The first-order chi connectivity index (χ1) is 16.1. The Morgan fingerprint density at radius 2 is 1.88 bits per heavy atom. The molecule has 0 aromatic heterocycles. The van der Waals surface area contributed by atoms with Gasteiger partial charge in [-0.3, -0.25) is 5.41 Å². The molecule has 34 heavy (non-hydrogen) atoms. The molecular weight excluding hydrogens is 445 g/mol. The number of hydrogen-bond acceptors (Lipinski definition) is 4. The molecule has 1 aliphatic heterocycles. The van der Waals surface area contributed by atoms with Crippen LogP contribution in [0.4, 0.5) is 13.2 Å². The van der Waals surface area contributed by atoms with Gasteiger partial charge in [0, 0.05) is 6.54 Å². The Balaban J connectivity index is 1.98. The van der Waals surface area contributed by atoms with Gasteiger partial charge in [0.1, 0.15) is 11.5 Å². The van der Waals surface area contributed by atoms with Crippen LogP contribution in [-0.4, -0.2) is 35.8 Å². The number of ether oxygens (including phenoxy) is 1. The van der Waals surface area contributed by atoms with Crippen LogP contribution in [0.1, 0.15) is 82.8 Å². The van der Waals surface area contributed by atoms with E-state index in [1.165, 1.54) is 31.4 Å². The zero-order chi connectivity index (χ0) is 25.1. The Kier molecular flexibility index (Phi) is 10.7. The second-order valence-corrected chi connectivity index (χ2v) is 8.65. The molecule has 0 unspecified atom stereocenters. The van der Waals surface area contributed by atoms with Crippen LogP contribution in [0.2, 0.25) is 0 Å². The average molecular weight is 483 g/mol. The van der Waals surface area contributed by atoms with Gasteiger partial charge < -0.3 is 20.2 Å². The predicted octanol–water partition coefficient (Wildman–Crippen LogP) is 6.45. The zero-order valence-corrected chi connectivity index (χ0v) is 20.2. The summed E-state index contributed by atoms with van der Waals surface area (Å²) in [6.45, 7) is 8.46. The molecule has 0 saturated carbocycles. The normalized spacial score (nSPS) is 16.6. The highest BCUT2D eigenvalue weighted by Crippen LogP contribution is 2.37. The molecule has 0 amide bonds. The van der Waals surface area contributed by atoms with Crippen molar-refractivity contribution in [3.8, 4) is 5.75 Å². The first kappa shape index (κ1) is 27.5. The summed E-state index contributed by atoms with van der Waals surface area (Å²) < 4.78 is 46.5. The average Bonchev–Trinajstić information content (AvgIpc) is 3.29. The molecule has 190 valence electrons. The van der Waals surface area contributed by atoms with E-state index in [1.54, 1.807) is 11.8 Å². The minimum Gasteiger partial charge on any atom is -0.493 e. The van der Waals surface area contributed by atoms with E-state index in [9.17, 15) is 13.2 Å². The van der Waals surface area contributed by atoms with Crippen LogP contribution in [0, 0.1) is 5.41 Å². The van der Waals surface area contributed by atoms with Gasteiger partial charge in [0.15, 0.2) is 5.96 Å². The summed E-state index contributed by atoms with van der Waals surface area (Å²) in [6.07, 6.45) is 4.49. The lowest BCUT2D eigenvalue weighted by molar-refractivity contribution is -0.139. The van der Waals surface area contributed by atoms with Crippen LogP contribution < -0.4 is 10.5 Å². The molecule has 0 bridgehead atoms. The fourth-order valence-electron chi connectivity index (χ4n) is 3.97. The summed E-state index contributed by atoms with van der Waals surface area (Å²) in [5.41, 5.74) is 5.30. The molecular formula is C25H37F3N4O2. The van der Waals surface area contributed by atoms with E-state index in [4.69, 9.17) is 20.7 Å². The van der Waals surface area contributed by atoms with Gasteiger partial charge in [0.25, 0.3) is 0 Å². The minimum atomic E-state index is -4.55. The Labute approximate surface area is 200 Å². The minimum absolute atomic E-state index is 0.0742. The monoisotopic (exact) mass is 482 g/mol. The summed E-state index contributed by atoms with van der Waals surface area (Å²) in [4.78, 5) is 7.05. The number of nitrogens with one attached hydrogen (secondary N) is 1. The number of nitrogens with zero attached hydrogens (tertiary/aromatic N) is 2. The molecule has 2 rings (SSSR count). The number of alkyl halides is 3. The fourth-order valence-corrected chi connectivity index (χ4v) is 3.97. The van der Waals surface area contributed by atoms with E-state index in [-0.39, 0.29) is 35.6 Å². The number of halogens is 3. The molecule has 6 nitrogen and oxygen atoms in total. The van der Waals surface area contributed by atoms with Crippen LogP contribution in [0.15, 0.2) is 35.7 Å². The molecule has 1 heterocycles. The van der Waals surface area contributed by atoms with Crippen LogP contribution in [0.5, 0.6) is 5.75 Å². The van der Waals surface area contributed by atoms with Crippen molar-refractivity contribution >= 4 is 11.7 Å². The SMILES string of the molecule is C=C(O/N=C(\C)c1ccc(OCCCCCCCCC)c(C(F)(F)F)c1)[C@@H]1CCCN1C(=N)N. The van der Waals surface area contributed by atoms with Crippen LogP contribution in [0.3, 0.4) is 0 Å². The molecule has 9 heteroatoms. The predicted molar refractivity (Wildman–Crippen MR) is 129 cm³/mol. The molecule has 0 radical (unpaired) electrons. The van der Waals surface area contributed by atoms with E-state index in [2.05, 4.69) is 18.7 Å². The Morgan fingerprint density at radius 3 is 2.53 bits per heavy atom. The van der Waals surface area contributed by atoms with Gasteiger partial charge in [-0.1, -0.05) is 57.2 Å². The second-order valence-electron chi connectivity index (χ2n) is 8.65. The van der Waals surface area contributed by atoms with Gasteiger partial charge in [-0.05, 0) is 49.9 Å². The van der Waals surface area contributed by atoms with Crippen molar-refractivity contribution in [2.45, 2.75) is 83.9 Å². The number of rotatable bonds is 13. The zero-order valence-electron chi connectivity index (χ0n) is 20.2. The van der Waals surface area contributed by atoms with Crippen molar-refractivity contribution < 1.29 is 22.7 Å². The van der Waals surface area contributed by atoms with Crippen molar-refractivity contribution in [2.75, 3.05) is 13.2 Å². The topological polar surface area (TPSA) is 83.9 Å². The lowest BCUT2D eigenvalue weighted by atomic mass is 10.1. The van der Waals surface area contributed by atoms with E-state index < -0.39 is 11.7 Å². The second kappa shape index (κ2) is 13.2. The summed E-state index contributed by atoms with van der Waals surface area (Å²) in [5, 5.41) is 11.6. The van der Waals surface area contributed by atoms with Gasteiger partial charge in [0.05, 0.1) is 23.9 Å². The molecule has 1 saturated heterocycles. The third kappa shape index (κ3) is 8.25. The molecule has 1 aromatic rings. The van der Waals surface area contributed by atoms with Crippen LogP contribution in [0.25, 0.3) is 0 Å². The van der Waals surface area contributed by atoms with E-state index >= 15 is 0 Å². The molecule has 1 aromatic carbocycles. The summed E-state index contributed by atoms with van der Waals surface area (Å²) >= 11 is 0. The summed E-state index contributed by atoms with van der Waals surface area (Å²) in [7, 11) is 0. The Hall–Kier alpha value is -2.71. The lowest BCUT2D eigenvalue weighted by Gasteiger charge is -2.24. The number of benzene rings is 1. The van der Waals surface area contributed by atoms with Crippen molar-refractivity contribution in [3.63, 3.8) is 0 Å². The van der Waals surface area contributed by atoms with Gasteiger partial charge in [0.2, 0.25) is 0 Å². The van der Waals surface area contributed by atoms with Crippen LogP contribution in [-0.2, 0) is 11.0 Å². The first-order valence-corrected chi connectivity index (χ1v) is 12.0. The van der Waals surface area contributed by atoms with E-state index in [0.29, 0.717) is 12.3 Å². The van der Waals surface area contributed by atoms with Crippen molar-refractivity contribution in [1.82, 2.24) is 4.90 Å². The number of oxime groups is 1. The van der Waals surface area contributed by atoms with Crippen molar-refractivity contribution in [3.05, 3.63) is 41.7 Å². The van der Waals surface area contributed by atoms with Gasteiger partial charge >= 0.3 is 6.18 Å². The number of unbranched alkanes of at least 4 members (excludes halogenated alkanes) is 6. The summed E-state index contributed by atoms with van der Waals surface area (Å²) in [5.74, 6) is 0.0519. The van der Waals surface area contributed by atoms with Crippen molar-refractivity contribution in [2.24, 2.45) is 10.9 Å². The highest BCUT2D eigenvalue weighted by atomic mass is 19.4. The smallest absolute Gasteiger partial charge is 0.419 e. The largest absolute Gasteiger partial charge is 0.493 e. The van der Waals surface area contributed by atoms with Gasteiger partial charge in [-0.2, -0.15) is 13.2 Å². The molecule has 0 aliphatic carbocycles. The van der Waals surface area contributed by atoms with Crippen molar-refractivity contribution in [1.29, 1.82) is 5.41 Å². The summed E-state index contributed by atoms with van der Waals surface area (Å²) in [6, 6.07) is 3.63. The Morgan fingerprint density at radius 1 is 1.21 bits per heavy atom. The molecule has 1 aliphatic rings. The quantitative estimate of drug-likeness (QED) is 0.111. The number of likely N-dealkylation sites (tertiary alicyclic amines) is 1. The fraction of sp³-hybridized carbons (Fsp3) is 0.600. The van der Waals surface area contributed by atoms with Gasteiger partial charge in [-0.15, -0.1) is 0 Å². The third-order valence-electron chi connectivity index (χ3n) is 5.94. The number of hydrogen-bond donors (Lipinski definition) is 2. The maximum Gasteiger partial charge on any atom is 0.419 e. The lowest BCUT2D eigenvalue weighted by Crippen LogP contribution is -2.41. The highest BCUT2D eigenvalue weighted by Gasteiger charge is 2.35. The third-order valence-corrected chi connectivity index (χ3v) is 5.94. The molecule has 0 spiro atoms. The van der Waals surface area contributed by atoms with Crippen LogP contribution >= 0.6 is 0 Å². The van der Waals surface area contributed by atoms with E-state index in [1.807, 2.05) is 0 Å². The maximum absolute atomic E-state index is 13.7. The van der Waals surface area contributed by atoms with E-state index in [0.717, 1.165) is 44.6 Å². The molecule has 3 N–H and O–H groups in total. The molecule has 1 fully saturated rings. The molecule has 1 atom stereocenters. The Bertz CT molecular complexity index is 855. The number of guanidine groups is 1. The van der Waals surface area contributed by atoms with Gasteiger partial charge in [-0.25, -0.2) is 0 Å². The number of nitrogens with two attached hydrogens (primary N) is 1. The highest BCUT2D eigenvalue weighted by molar-refractivity contribution is 5.98. The standard InChI is InChI=1S/C25H37F3N4O2/c1-4-5-6-7-8-9-10-16-33-23-14-13-20(17-21(23)25(26,27)28)18(2)31-34-19(3)22-12-11-15-32(22)24(29)30/h13-14,17,22H,3-12,15-16H2,1-2H3,(H3,29,30)/b31-18+/t22-/m0/s1.